The minimum Gasteiger partial charge on any atom is -0.478 e. The lowest BCUT2D eigenvalue weighted by Gasteiger charge is -2.16. The van der Waals surface area contributed by atoms with Crippen molar-refractivity contribution in [3.8, 4) is 5.88 Å². The predicted molar refractivity (Wildman–Crippen MR) is 79.0 cm³/mol. The van der Waals surface area contributed by atoms with Crippen molar-refractivity contribution in [2.75, 3.05) is 11.9 Å². The summed E-state index contributed by atoms with van der Waals surface area (Å²) in [5, 5.41) is 7.70. The van der Waals surface area contributed by atoms with E-state index in [-0.39, 0.29) is 0 Å². The smallest absolute Gasteiger partial charge is 0.221 e. The number of ether oxygens (including phenoxy) is 1. The molecule has 4 nitrogen and oxygen atoms in total. The molecule has 1 unspecified atom stereocenters. The SMILES string of the molecule is CCOc1ncnc(NC(C)Cc2ccsc2)c1C. The molecular weight excluding hydrogens is 258 g/mol. The Balaban J connectivity index is 2.04. The predicted octanol–water partition coefficient (Wildman–Crippen LogP) is 3.29. The first-order valence-electron chi connectivity index (χ1n) is 6.42. The van der Waals surface area contributed by atoms with E-state index in [1.165, 1.54) is 11.9 Å². The highest BCUT2D eigenvalue weighted by atomic mass is 32.1. The Kier molecular flexibility index (Phi) is 4.74. The Bertz CT molecular complexity index is 513. The van der Waals surface area contributed by atoms with E-state index in [0.717, 1.165) is 17.8 Å². The highest BCUT2D eigenvalue weighted by molar-refractivity contribution is 7.07. The van der Waals surface area contributed by atoms with Crippen molar-refractivity contribution in [2.45, 2.75) is 33.2 Å². The lowest BCUT2D eigenvalue weighted by atomic mass is 10.1. The van der Waals surface area contributed by atoms with Gasteiger partial charge in [0, 0.05) is 6.04 Å². The van der Waals surface area contributed by atoms with Crippen LogP contribution in [0.15, 0.2) is 23.2 Å². The van der Waals surface area contributed by atoms with Gasteiger partial charge in [-0.25, -0.2) is 9.97 Å². The Morgan fingerprint density at radius 1 is 1.42 bits per heavy atom. The van der Waals surface area contributed by atoms with Crippen LogP contribution in [0.1, 0.15) is 25.0 Å². The van der Waals surface area contributed by atoms with E-state index in [1.807, 2.05) is 13.8 Å². The zero-order chi connectivity index (χ0) is 13.7. The first kappa shape index (κ1) is 13.8. The molecule has 0 saturated carbocycles. The summed E-state index contributed by atoms with van der Waals surface area (Å²) < 4.78 is 5.48. The van der Waals surface area contributed by atoms with Crippen LogP contribution < -0.4 is 10.1 Å². The molecule has 102 valence electrons. The summed E-state index contributed by atoms with van der Waals surface area (Å²) in [6.07, 6.45) is 2.52. The lowest BCUT2D eigenvalue weighted by molar-refractivity contribution is 0.324. The molecule has 0 aliphatic carbocycles. The van der Waals surface area contributed by atoms with Crippen LogP contribution in [0.2, 0.25) is 0 Å². The fraction of sp³-hybridized carbons (Fsp3) is 0.429. The van der Waals surface area contributed by atoms with Crippen LogP contribution in [0.3, 0.4) is 0 Å². The molecule has 0 bridgehead atoms. The first-order valence-corrected chi connectivity index (χ1v) is 7.37. The van der Waals surface area contributed by atoms with Crippen molar-refractivity contribution in [1.82, 2.24) is 9.97 Å². The van der Waals surface area contributed by atoms with E-state index >= 15 is 0 Å². The van der Waals surface area contributed by atoms with E-state index in [0.29, 0.717) is 18.5 Å². The Morgan fingerprint density at radius 2 is 2.26 bits per heavy atom. The summed E-state index contributed by atoms with van der Waals surface area (Å²) in [7, 11) is 0. The number of anilines is 1. The van der Waals surface area contributed by atoms with Crippen molar-refractivity contribution in [3.05, 3.63) is 34.3 Å². The topological polar surface area (TPSA) is 47.0 Å². The number of hydrogen-bond acceptors (Lipinski definition) is 5. The van der Waals surface area contributed by atoms with Gasteiger partial charge in [0.15, 0.2) is 0 Å². The summed E-state index contributed by atoms with van der Waals surface area (Å²) in [6, 6.07) is 2.47. The van der Waals surface area contributed by atoms with Crippen LogP contribution in [-0.2, 0) is 6.42 Å². The van der Waals surface area contributed by atoms with Crippen LogP contribution in [0, 0.1) is 6.92 Å². The molecule has 0 aliphatic heterocycles. The van der Waals surface area contributed by atoms with Gasteiger partial charge in [-0.15, -0.1) is 0 Å². The second-order valence-corrected chi connectivity index (χ2v) is 5.25. The van der Waals surface area contributed by atoms with Gasteiger partial charge in [-0.2, -0.15) is 11.3 Å². The molecule has 2 aromatic heterocycles. The van der Waals surface area contributed by atoms with Crippen molar-refractivity contribution in [3.63, 3.8) is 0 Å². The van der Waals surface area contributed by atoms with E-state index in [4.69, 9.17) is 4.74 Å². The molecule has 5 heteroatoms. The molecule has 1 atom stereocenters. The third-order valence-electron chi connectivity index (χ3n) is 2.82. The quantitative estimate of drug-likeness (QED) is 0.880. The molecule has 0 amide bonds. The number of thiophene rings is 1. The van der Waals surface area contributed by atoms with Gasteiger partial charge < -0.3 is 10.1 Å². The van der Waals surface area contributed by atoms with E-state index in [1.54, 1.807) is 11.3 Å². The van der Waals surface area contributed by atoms with Crippen molar-refractivity contribution in [2.24, 2.45) is 0 Å². The molecule has 0 aliphatic rings. The number of hydrogen-bond donors (Lipinski definition) is 1. The van der Waals surface area contributed by atoms with Gasteiger partial charge in [0.25, 0.3) is 0 Å². The maximum atomic E-state index is 5.48. The second kappa shape index (κ2) is 6.52. The van der Waals surface area contributed by atoms with Gasteiger partial charge >= 0.3 is 0 Å². The Labute approximate surface area is 117 Å². The standard InChI is InChI=1S/C14H19N3OS/c1-4-18-14-11(3)13(15-9-16-14)17-10(2)7-12-5-6-19-8-12/h5-6,8-10H,4,7H2,1-3H3,(H,15,16,17). The number of rotatable bonds is 6. The Morgan fingerprint density at radius 3 is 2.95 bits per heavy atom. The van der Waals surface area contributed by atoms with Crippen LogP contribution in [0.5, 0.6) is 5.88 Å². The van der Waals surface area contributed by atoms with Crippen LogP contribution >= 0.6 is 11.3 Å². The molecule has 0 spiro atoms. The van der Waals surface area contributed by atoms with Crippen LogP contribution in [0.4, 0.5) is 5.82 Å². The zero-order valence-corrected chi connectivity index (χ0v) is 12.3. The number of nitrogens with one attached hydrogen (secondary N) is 1. The normalized spacial score (nSPS) is 12.2. The fourth-order valence-electron chi connectivity index (χ4n) is 1.91. The molecule has 0 fully saturated rings. The molecule has 19 heavy (non-hydrogen) atoms. The molecule has 0 aromatic carbocycles. The van der Waals surface area contributed by atoms with E-state index in [9.17, 15) is 0 Å². The molecule has 0 radical (unpaired) electrons. The molecule has 1 N–H and O–H groups in total. The number of aromatic nitrogens is 2. The molecular formula is C14H19N3OS. The highest BCUT2D eigenvalue weighted by Crippen LogP contribution is 2.21. The van der Waals surface area contributed by atoms with Crippen LogP contribution in [0.25, 0.3) is 0 Å². The van der Waals surface area contributed by atoms with Crippen molar-refractivity contribution >= 4 is 17.2 Å². The molecule has 0 saturated heterocycles. The lowest BCUT2D eigenvalue weighted by Crippen LogP contribution is -2.19. The largest absolute Gasteiger partial charge is 0.478 e. The highest BCUT2D eigenvalue weighted by Gasteiger charge is 2.11. The Hall–Kier alpha value is -1.62. The number of nitrogens with zero attached hydrogens (tertiary/aromatic N) is 2. The second-order valence-electron chi connectivity index (χ2n) is 4.47. The van der Waals surface area contributed by atoms with E-state index in [2.05, 4.69) is 39.0 Å². The molecule has 2 heterocycles. The van der Waals surface area contributed by atoms with Crippen molar-refractivity contribution in [1.29, 1.82) is 0 Å². The van der Waals surface area contributed by atoms with Gasteiger partial charge in [0.2, 0.25) is 5.88 Å². The molecule has 2 rings (SSSR count). The third-order valence-corrected chi connectivity index (χ3v) is 3.56. The minimum atomic E-state index is 0.317. The summed E-state index contributed by atoms with van der Waals surface area (Å²) in [5.41, 5.74) is 2.31. The van der Waals surface area contributed by atoms with Gasteiger partial charge in [0.05, 0.1) is 12.2 Å². The monoisotopic (exact) mass is 277 g/mol. The van der Waals surface area contributed by atoms with Gasteiger partial charge in [-0.3, -0.25) is 0 Å². The summed E-state index contributed by atoms with van der Waals surface area (Å²) >= 11 is 1.73. The fourth-order valence-corrected chi connectivity index (χ4v) is 2.59. The van der Waals surface area contributed by atoms with Gasteiger partial charge in [-0.1, -0.05) is 0 Å². The third kappa shape index (κ3) is 3.67. The zero-order valence-electron chi connectivity index (χ0n) is 11.5. The molecule has 2 aromatic rings. The van der Waals surface area contributed by atoms with Gasteiger partial charge in [-0.05, 0) is 49.6 Å². The van der Waals surface area contributed by atoms with E-state index < -0.39 is 0 Å². The summed E-state index contributed by atoms with van der Waals surface area (Å²) in [6.45, 7) is 6.69. The average Bonchev–Trinajstić information content (AvgIpc) is 2.87. The van der Waals surface area contributed by atoms with Gasteiger partial charge in [0.1, 0.15) is 12.1 Å². The maximum Gasteiger partial charge on any atom is 0.221 e. The summed E-state index contributed by atoms with van der Waals surface area (Å²) in [5.74, 6) is 1.50. The van der Waals surface area contributed by atoms with Crippen molar-refractivity contribution < 1.29 is 4.74 Å². The van der Waals surface area contributed by atoms with Crippen LogP contribution in [-0.4, -0.2) is 22.6 Å². The minimum absolute atomic E-state index is 0.317. The summed E-state index contributed by atoms with van der Waals surface area (Å²) in [4.78, 5) is 8.43. The maximum absolute atomic E-state index is 5.48. The first-order chi connectivity index (χ1) is 9.20. The average molecular weight is 277 g/mol.